The molecule has 1 aromatic carbocycles. The number of rotatable bonds is 2. The van der Waals surface area contributed by atoms with Crippen molar-refractivity contribution in [1.82, 2.24) is 4.90 Å². The van der Waals surface area contributed by atoms with Crippen molar-refractivity contribution >= 4 is 5.69 Å². The van der Waals surface area contributed by atoms with Crippen molar-refractivity contribution in [3.63, 3.8) is 0 Å². The highest BCUT2D eigenvalue weighted by Gasteiger charge is 2.15. The van der Waals surface area contributed by atoms with Crippen molar-refractivity contribution < 1.29 is 4.74 Å². The molecule has 2 aliphatic heterocycles. The molecule has 0 amide bonds. The van der Waals surface area contributed by atoms with Gasteiger partial charge in [0.1, 0.15) is 0 Å². The number of anilines is 1. The standard InChI is InChI=1S/C15H22N2O/c1-4-13(12-17-8-3-10-18-11-9-17)14-5-2-7-16-15(14)6-1/h1,4,6,16H,2-3,5,7-12H2. The summed E-state index contributed by atoms with van der Waals surface area (Å²) in [5.74, 6) is 0. The highest BCUT2D eigenvalue weighted by Crippen LogP contribution is 2.26. The number of benzene rings is 1. The molecule has 0 unspecified atom stereocenters. The molecule has 3 rings (SSSR count). The molecule has 1 N–H and O–H groups in total. The Labute approximate surface area is 109 Å². The molecule has 1 aromatic rings. The monoisotopic (exact) mass is 246 g/mol. The van der Waals surface area contributed by atoms with E-state index in [1.54, 1.807) is 0 Å². The maximum Gasteiger partial charge on any atom is 0.0593 e. The lowest BCUT2D eigenvalue weighted by atomic mass is 9.97. The Morgan fingerprint density at radius 1 is 1.17 bits per heavy atom. The minimum Gasteiger partial charge on any atom is -0.385 e. The molecule has 3 heteroatoms. The molecule has 1 fully saturated rings. The average Bonchev–Trinajstić information content (AvgIpc) is 2.68. The number of ether oxygens (including phenoxy) is 1. The highest BCUT2D eigenvalue weighted by molar-refractivity contribution is 5.56. The molecule has 18 heavy (non-hydrogen) atoms. The molecule has 2 heterocycles. The Hall–Kier alpha value is -1.06. The summed E-state index contributed by atoms with van der Waals surface area (Å²) < 4.78 is 5.52. The maximum absolute atomic E-state index is 5.52. The van der Waals surface area contributed by atoms with Crippen LogP contribution in [0.2, 0.25) is 0 Å². The lowest BCUT2D eigenvalue weighted by Crippen LogP contribution is -2.27. The second-order valence-corrected chi connectivity index (χ2v) is 5.22. The van der Waals surface area contributed by atoms with Gasteiger partial charge in [-0.3, -0.25) is 4.90 Å². The maximum atomic E-state index is 5.52. The second-order valence-electron chi connectivity index (χ2n) is 5.22. The molecule has 0 saturated carbocycles. The van der Waals surface area contributed by atoms with Gasteiger partial charge in [-0.15, -0.1) is 0 Å². The Morgan fingerprint density at radius 3 is 3.17 bits per heavy atom. The second kappa shape index (κ2) is 5.72. The first kappa shape index (κ1) is 12.0. The van der Waals surface area contributed by atoms with E-state index in [0.29, 0.717) is 0 Å². The van der Waals surface area contributed by atoms with Crippen molar-refractivity contribution in [3.05, 3.63) is 29.3 Å². The zero-order valence-corrected chi connectivity index (χ0v) is 11.0. The van der Waals surface area contributed by atoms with Gasteiger partial charge in [-0.05, 0) is 36.5 Å². The number of hydrogen-bond acceptors (Lipinski definition) is 3. The van der Waals surface area contributed by atoms with E-state index in [-0.39, 0.29) is 0 Å². The molecular weight excluding hydrogens is 224 g/mol. The van der Waals surface area contributed by atoms with Crippen LogP contribution >= 0.6 is 0 Å². The first-order valence-electron chi connectivity index (χ1n) is 7.08. The van der Waals surface area contributed by atoms with E-state index in [0.717, 1.165) is 45.8 Å². The van der Waals surface area contributed by atoms with Crippen LogP contribution in [0.25, 0.3) is 0 Å². The van der Waals surface area contributed by atoms with Crippen LogP contribution in [0, 0.1) is 0 Å². The summed E-state index contributed by atoms with van der Waals surface area (Å²) in [6.45, 7) is 6.23. The van der Waals surface area contributed by atoms with Gasteiger partial charge in [0, 0.05) is 38.5 Å². The van der Waals surface area contributed by atoms with Crippen molar-refractivity contribution in [3.8, 4) is 0 Å². The molecule has 0 atom stereocenters. The van der Waals surface area contributed by atoms with Crippen LogP contribution in [0.4, 0.5) is 5.69 Å². The fourth-order valence-corrected chi connectivity index (χ4v) is 2.93. The van der Waals surface area contributed by atoms with Gasteiger partial charge in [0.2, 0.25) is 0 Å². The van der Waals surface area contributed by atoms with Crippen LogP contribution in [-0.2, 0) is 17.7 Å². The molecule has 0 radical (unpaired) electrons. The Morgan fingerprint density at radius 2 is 2.17 bits per heavy atom. The zero-order valence-electron chi connectivity index (χ0n) is 11.0. The minimum absolute atomic E-state index is 0.882. The van der Waals surface area contributed by atoms with Crippen LogP contribution in [-0.4, -0.2) is 37.7 Å². The fraction of sp³-hybridized carbons (Fsp3) is 0.600. The Balaban J connectivity index is 1.75. The van der Waals surface area contributed by atoms with Crippen molar-refractivity contribution in [1.29, 1.82) is 0 Å². The van der Waals surface area contributed by atoms with E-state index in [1.165, 1.54) is 29.7 Å². The van der Waals surface area contributed by atoms with E-state index in [2.05, 4.69) is 28.4 Å². The summed E-state index contributed by atoms with van der Waals surface area (Å²) in [5.41, 5.74) is 4.39. The van der Waals surface area contributed by atoms with Crippen LogP contribution in [0.3, 0.4) is 0 Å². The van der Waals surface area contributed by atoms with Crippen LogP contribution in [0.15, 0.2) is 18.2 Å². The van der Waals surface area contributed by atoms with E-state index in [4.69, 9.17) is 4.74 Å². The number of fused-ring (bicyclic) bond motifs is 1. The molecule has 1 saturated heterocycles. The molecule has 0 bridgehead atoms. The van der Waals surface area contributed by atoms with Crippen molar-refractivity contribution in [2.75, 3.05) is 38.2 Å². The Kier molecular flexibility index (Phi) is 3.81. The number of nitrogens with one attached hydrogen (secondary N) is 1. The Bertz CT molecular complexity index is 397. The first-order chi connectivity index (χ1) is 8.93. The van der Waals surface area contributed by atoms with Gasteiger partial charge in [0.05, 0.1) is 6.61 Å². The highest BCUT2D eigenvalue weighted by atomic mass is 16.5. The van der Waals surface area contributed by atoms with Crippen LogP contribution in [0.5, 0.6) is 0 Å². The van der Waals surface area contributed by atoms with Gasteiger partial charge < -0.3 is 10.1 Å². The number of nitrogens with zero attached hydrogens (tertiary/aromatic N) is 1. The van der Waals surface area contributed by atoms with E-state index in [1.807, 2.05) is 0 Å². The van der Waals surface area contributed by atoms with Gasteiger partial charge >= 0.3 is 0 Å². The minimum atomic E-state index is 0.882. The predicted molar refractivity (Wildman–Crippen MR) is 74.0 cm³/mol. The number of hydrogen-bond donors (Lipinski definition) is 1. The summed E-state index contributed by atoms with van der Waals surface area (Å²) in [4.78, 5) is 2.53. The molecule has 0 aromatic heterocycles. The molecular formula is C15H22N2O. The lowest BCUT2D eigenvalue weighted by Gasteiger charge is -2.25. The largest absolute Gasteiger partial charge is 0.385 e. The van der Waals surface area contributed by atoms with Crippen molar-refractivity contribution in [2.45, 2.75) is 25.8 Å². The summed E-state index contributed by atoms with van der Waals surface area (Å²) >= 11 is 0. The summed E-state index contributed by atoms with van der Waals surface area (Å²) in [5, 5.41) is 3.51. The third kappa shape index (κ3) is 2.68. The fourth-order valence-electron chi connectivity index (χ4n) is 2.93. The SMILES string of the molecule is c1cc(CN2CCCOCC2)c2c(c1)NCCC2. The molecule has 0 aliphatic carbocycles. The van der Waals surface area contributed by atoms with Gasteiger partial charge in [0.15, 0.2) is 0 Å². The predicted octanol–water partition coefficient (Wildman–Crippen LogP) is 2.27. The van der Waals surface area contributed by atoms with Gasteiger partial charge in [-0.1, -0.05) is 12.1 Å². The third-order valence-corrected chi connectivity index (χ3v) is 3.90. The van der Waals surface area contributed by atoms with Crippen molar-refractivity contribution in [2.24, 2.45) is 0 Å². The van der Waals surface area contributed by atoms with Crippen LogP contribution < -0.4 is 5.32 Å². The van der Waals surface area contributed by atoms with Gasteiger partial charge in [0.25, 0.3) is 0 Å². The summed E-state index contributed by atoms with van der Waals surface area (Å²) in [7, 11) is 0. The molecule has 0 spiro atoms. The zero-order chi connectivity index (χ0) is 12.2. The molecule has 2 aliphatic rings. The summed E-state index contributed by atoms with van der Waals surface area (Å²) in [6.07, 6.45) is 3.64. The van der Waals surface area contributed by atoms with Crippen LogP contribution in [0.1, 0.15) is 24.0 Å². The normalized spacial score (nSPS) is 20.9. The van der Waals surface area contributed by atoms with Gasteiger partial charge in [-0.25, -0.2) is 0 Å². The quantitative estimate of drug-likeness (QED) is 0.866. The third-order valence-electron chi connectivity index (χ3n) is 3.90. The summed E-state index contributed by atoms with van der Waals surface area (Å²) in [6, 6.07) is 6.68. The van der Waals surface area contributed by atoms with Gasteiger partial charge in [-0.2, -0.15) is 0 Å². The van der Waals surface area contributed by atoms with E-state index in [9.17, 15) is 0 Å². The smallest absolute Gasteiger partial charge is 0.0593 e. The lowest BCUT2D eigenvalue weighted by molar-refractivity contribution is 0.140. The van der Waals surface area contributed by atoms with E-state index < -0.39 is 0 Å². The topological polar surface area (TPSA) is 24.5 Å². The molecule has 98 valence electrons. The average molecular weight is 246 g/mol. The molecule has 3 nitrogen and oxygen atoms in total. The first-order valence-corrected chi connectivity index (χ1v) is 7.08. The van der Waals surface area contributed by atoms with E-state index >= 15 is 0 Å².